The van der Waals surface area contributed by atoms with Gasteiger partial charge in [0.1, 0.15) is 0 Å². The Labute approximate surface area is 98.6 Å². The van der Waals surface area contributed by atoms with Crippen LogP contribution in [0, 0.1) is 0 Å². The monoisotopic (exact) mass is 226 g/mol. The van der Waals surface area contributed by atoms with E-state index >= 15 is 0 Å². The molecule has 1 aliphatic carbocycles. The third-order valence-electron chi connectivity index (χ3n) is 3.16. The Balaban J connectivity index is 2.21. The first-order chi connectivity index (χ1) is 7.95. The van der Waals surface area contributed by atoms with Crippen LogP contribution in [0.4, 0.5) is 0 Å². The lowest BCUT2D eigenvalue weighted by atomic mass is 9.97. The molecule has 1 aromatic carbocycles. The fourth-order valence-corrected chi connectivity index (χ4v) is 3.64. The van der Waals surface area contributed by atoms with Gasteiger partial charge in [-0.2, -0.15) is 0 Å². The summed E-state index contributed by atoms with van der Waals surface area (Å²) in [7, 11) is 1.03. The molecule has 0 radical (unpaired) electrons. The molecule has 0 amide bonds. The van der Waals surface area contributed by atoms with E-state index in [1.165, 1.54) is 34.6 Å². The summed E-state index contributed by atoms with van der Waals surface area (Å²) >= 11 is 0. The van der Waals surface area contributed by atoms with Gasteiger partial charge >= 0.3 is 0 Å². The van der Waals surface area contributed by atoms with E-state index in [-0.39, 0.29) is 0 Å². The third kappa shape index (κ3) is 1.79. The van der Waals surface area contributed by atoms with Crippen LogP contribution in [0.2, 0.25) is 0 Å². The van der Waals surface area contributed by atoms with E-state index in [1.807, 2.05) is 0 Å². The predicted molar refractivity (Wildman–Crippen MR) is 73.1 cm³/mol. The summed E-state index contributed by atoms with van der Waals surface area (Å²) in [4.78, 5) is 0. The number of allylic oxidation sites excluding steroid dienone is 6. The first kappa shape index (κ1) is 10.1. The van der Waals surface area contributed by atoms with Crippen LogP contribution in [0.15, 0.2) is 54.1 Å². The molecular formula is C15H15P. The summed E-state index contributed by atoms with van der Waals surface area (Å²) in [5, 5.41) is 0. The highest BCUT2D eigenvalue weighted by Gasteiger charge is 2.13. The second-order valence-electron chi connectivity index (χ2n) is 4.24. The highest BCUT2D eigenvalue weighted by Crippen LogP contribution is 2.36. The second-order valence-corrected chi connectivity index (χ2v) is 5.45. The van der Waals surface area contributed by atoms with Gasteiger partial charge in [0.15, 0.2) is 0 Å². The van der Waals surface area contributed by atoms with E-state index in [9.17, 15) is 0 Å². The smallest absolute Gasteiger partial charge is 0.00915 e. The van der Waals surface area contributed by atoms with Gasteiger partial charge in [0, 0.05) is 0 Å². The summed E-state index contributed by atoms with van der Waals surface area (Å²) < 4.78 is 0. The van der Waals surface area contributed by atoms with Crippen molar-refractivity contribution in [3.05, 3.63) is 65.3 Å². The van der Waals surface area contributed by atoms with Crippen molar-refractivity contribution in [1.82, 2.24) is 0 Å². The summed E-state index contributed by atoms with van der Waals surface area (Å²) in [6.45, 7) is 0. The molecule has 1 aromatic rings. The Morgan fingerprint density at radius 3 is 2.81 bits per heavy atom. The van der Waals surface area contributed by atoms with Crippen molar-refractivity contribution in [3.8, 4) is 0 Å². The molecule has 1 heterocycles. The van der Waals surface area contributed by atoms with E-state index in [1.54, 1.807) is 0 Å². The lowest BCUT2D eigenvalue weighted by Gasteiger charge is -2.08. The molecule has 16 heavy (non-hydrogen) atoms. The second kappa shape index (κ2) is 4.39. The lowest BCUT2D eigenvalue weighted by Crippen LogP contribution is -1.89. The van der Waals surface area contributed by atoms with E-state index in [0.717, 1.165) is 15.0 Å². The van der Waals surface area contributed by atoms with Crippen molar-refractivity contribution in [3.63, 3.8) is 0 Å². The largest absolute Gasteiger partial charge is 0.113 e. The van der Waals surface area contributed by atoms with Crippen molar-refractivity contribution in [2.75, 3.05) is 6.16 Å². The van der Waals surface area contributed by atoms with Gasteiger partial charge in [0.2, 0.25) is 0 Å². The van der Waals surface area contributed by atoms with Gasteiger partial charge in [0.25, 0.3) is 0 Å². The standard InChI is InChI=1S/C15H15P/c1-2-6-12-10-16-11-13-7-4-5-9-15(13)14(12)8-3-1/h2-9,16H,1,10-11H2. The fraction of sp³-hybridized carbons (Fsp3) is 0.200. The zero-order valence-electron chi connectivity index (χ0n) is 9.24. The Hall–Kier alpha value is -1.13. The highest BCUT2D eigenvalue weighted by molar-refractivity contribution is 7.37. The molecule has 0 saturated heterocycles. The van der Waals surface area contributed by atoms with E-state index in [4.69, 9.17) is 0 Å². The third-order valence-corrected chi connectivity index (χ3v) is 4.42. The summed E-state index contributed by atoms with van der Waals surface area (Å²) in [6, 6.07) is 8.86. The Bertz CT molecular complexity index is 492. The highest BCUT2D eigenvalue weighted by atomic mass is 31.1. The molecule has 1 atom stereocenters. The average Bonchev–Trinajstić information content (AvgIpc) is 2.62. The normalized spacial score (nSPS) is 20.2. The molecule has 1 heteroatoms. The Morgan fingerprint density at radius 1 is 0.938 bits per heavy atom. The lowest BCUT2D eigenvalue weighted by molar-refractivity contribution is 1.37. The van der Waals surface area contributed by atoms with Crippen LogP contribution in [-0.2, 0) is 6.16 Å². The molecule has 0 bridgehead atoms. The van der Waals surface area contributed by atoms with Gasteiger partial charge in [-0.3, -0.25) is 0 Å². The van der Waals surface area contributed by atoms with Crippen molar-refractivity contribution in [1.29, 1.82) is 0 Å². The van der Waals surface area contributed by atoms with E-state index in [2.05, 4.69) is 48.6 Å². The first-order valence-electron chi connectivity index (χ1n) is 5.80. The molecule has 0 nitrogen and oxygen atoms in total. The maximum atomic E-state index is 2.32. The van der Waals surface area contributed by atoms with Crippen molar-refractivity contribution >= 4 is 14.2 Å². The molecule has 0 N–H and O–H groups in total. The number of hydrogen-bond donors (Lipinski definition) is 0. The molecule has 1 unspecified atom stereocenters. The topological polar surface area (TPSA) is 0 Å². The van der Waals surface area contributed by atoms with Gasteiger partial charge < -0.3 is 0 Å². The molecule has 0 aromatic heterocycles. The van der Waals surface area contributed by atoms with Crippen molar-refractivity contribution < 1.29 is 0 Å². The molecule has 80 valence electrons. The molecule has 1 aliphatic heterocycles. The number of benzene rings is 1. The van der Waals surface area contributed by atoms with Crippen LogP contribution < -0.4 is 0 Å². The van der Waals surface area contributed by atoms with Gasteiger partial charge in [-0.1, -0.05) is 48.6 Å². The first-order valence-corrected chi connectivity index (χ1v) is 7.22. The maximum Gasteiger partial charge on any atom is -0.00915 e. The van der Waals surface area contributed by atoms with Crippen LogP contribution in [0.3, 0.4) is 0 Å². The summed E-state index contributed by atoms with van der Waals surface area (Å²) in [5.41, 5.74) is 5.95. The van der Waals surface area contributed by atoms with Gasteiger partial charge in [0.05, 0.1) is 0 Å². The van der Waals surface area contributed by atoms with Crippen LogP contribution in [0.5, 0.6) is 0 Å². The molecule has 2 aliphatic rings. The fourth-order valence-electron chi connectivity index (χ4n) is 2.36. The Morgan fingerprint density at radius 2 is 1.81 bits per heavy atom. The number of rotatable bonds is 0. The van der Waals surface area contributed by atoms with Crippen LogP contribution in [0.1, 0.15) is 17.5 Å². The van der Waals surface area contributed by atoms with Crippen LogP contribution in [0.25, 0.3) is 5.57 Å². The van der Waals surface area contributed by atoms with E-state index in [0.29, 0.717) is 0 Å². The van der Waals surface area contributed by atoms with Gasteiger partial charge in [-0.05, 0) is 41.0 Å². The van der Waals surface area contributed by atoms with Crippen LogP contribution >= 0.6 is 8.58 Å². The van der Waals surface area contributed by atoms with E-state index < -0.39 is 0 Å². The minimum absolute atomic E-state index is 1.03. The van der Waals surface area contributed by atoms with Gasteiger partial charge in [-0.25, -0.2) is 0 Å². The van der Waals surface area contributed by atoms with Crippen molar-refractivity contribution in [2.24, 2.45) is 0 Å². The zero-order chi connectivity index (χ0) is 10.8. The maximum absolute atomic E-state index is 2.32. The summed E-state index contributed by atoms with van der Waals surface area (Å²) in [6.07, 6.45) is 12.7. The predicted octanol–water partition coefficient (Wildman–Crippen LogP) is 4.15. The number of hydrogen-bond acceptors (Lipinski definition) is 0. The molecule has 0 saturated carbocycles. The quantitative estimate of drug-likeness (QED) is 0.583. The van der Waals surface area contributed by atoms with Crippen molar-refractivity contribution in [2.45, 2.75) is 12.6 Å². The zero-order valence-corrected chi connectivity index (χ0v) is 10.2. The minimum atomic E-state index is 1.03. The molecule has 0 fully saturated rings. The molecule has 0 spiro atoms. The molecule has 3 rings (SSSR count). The number of fused-ring (bicyclic) bond motifs is 2. The van der Waals surface area contributed by atoms with Gasteiger partial charge in [-0.15, -0.1) is 8.58 Å². The SMILES string of the molecule is C1=CC2=C(C=CC1)c1ccccc1CPC2. The molecular weight excluding hydrogens is 211 g/mol. The average molecular weight is 226 g/mol. The minimum Gasteiger partial charge on any atom is -0.113 e. The van der Waals surface area contributed by atoms with Crippen LogP contribution in [-0.4, -0.2) is 6.16 Å². The Kier molecular flexibility index (Phi) is 2.76. The summed E-state index contributed by atoms with van der Waals surface area (Å²) in [5.74, 6) is 0.